The normalized spacial score (nSPS) is 10.8. The Morgan fingerprint density at radius 3 is 2.68 bits per heavy atom. The van der Waals surface area contributed by atoms with Gasteiger partial charge in [0.15, 0.2) is 5.82 Å². The molecule has 1 amide bonds. The minimum atomic E-state index is -0.301. The molecule has 7 heteroatoms. The fraction of sp³-hybridized carbons (Fsp3) is 0.400. The van der Waals surface area contributed by atoms with E-state index in [0.717, 1.165) is 11.4 Å². The molecular weight excluding hydrogens is 304 g/mol. The Kier molecular flexibility index (Phi) is 5.15. The lowest BCUT2D eigenvalue weighted by Crippen LogP contribution is -2.34. The summed E-state index contributed by atoms with van der Waals surface area (Å²) >= 11 is 6.12. The molecule has 0 aliphatic rings. The minimum Gasteiger partial charge on any atom is -0.395 e. The van der Waals surface area contributed by atoms with Gasteiger partial charge in [-0.05, 0) is 39.0 Å². The van der Waals surface area contributed by atoms with Gasteiger partial charge in [0.2, 0.25) is 0 Å². The van der Waals surface area contributed by atoms with Gasteiger partial charge in [0.05, 0.1) is 17.3 Å². The highest BCUT2D eigenvalue weighted by atomic mass is 35.5. The van der Waals surface area contributed by atoms with Crippen molar-refractivity contribution < 1.29 is 9.90 Å². The number of aromatic nitrogens is 3. The molecule has 0 saturated carbocycles. The molecule has 0 bridgehead atoms. The van der Waals surface area contributed by atoms with Gasteiger partial charge in [-0.3, -0.25) is 4.79 Å². The lowest BCUT2D eigenvalue weighted by Gasteiger charge is -2.20. The first-order valence-corrected chi connectivity index (χ1v) is 7.46. The second kappa shape index (κ2) is 6.89. The van der Waals surface area contributed by atoms with E-state index in [2.05, 4.69) is 10.1 Å². The summed E-state index contributed by atoms with van der Waals surface area (Å²) in [5, 5.41) is 13.7. The summed E-state index contributed by atoms with van der Waals surface area (Å²) < 4.78 is 1.67. The third kappa shape index (κ3) is 3.28. The van der Waals surface area contributed by atoms with Gasteiger partial charge in [0.25, 0.3) is 5.91 Å². The summed E-state index contributed by atoms with van der Waals surface area (Å²) in [5.41, 5.74) is 1.97. The number of aliphatic hydroxyl groups excluding tert-OH is 1. The summed E-state index contributed by atoms with van der Waals surface area (Å²) in [6.45, 7) is 6.27. The van der Waals surface area contributed by atoms with Crippen LogP contribution in [0.15, 0.2) is 18.2 Å². The Labute approximate surface area is 134 Å². The molecule has 0 fully saturated rings. The van der Waals surface area contributed by atoms with Gasteiger partial charge < -0.3 is 10.0 Å². The van der Waals surface area contributed by atoms with Crippen LogP contribution >= 0.6 is 11.6 Å². The van der Waals surface area contributed by atoms with Crippen molar-refractivity contribution >= 4 is 17.5 Å². The van der Waals surface area contributed by atoms with Crippen molar-refractivity contribution in [2.45, 2.75) is 20.8 Å². The Bertz CT molecular complexity index is 684. The Balaban J connectivity index is 2.43. The number of hydrogen-bond acceptors (Lipinski definition) is 4. The van der Waals surface area contributed by atoms with Crippen molar-refractivity contribution in [1.29, 1.82) is 0 Å². The Morgan fingerprint density at radius 2 is 2.14 bits per heavy atom. The zero-order valence-electron chi connectivity index (χ0n) is 12.9. The zero-order chi connectivity index (χ0) is 16.3. The predicted molar refractivity (Wildman–Crippen MR) is 84.5 cm³/mol. The molecule has 0 aromatic carbocycles. The van der Waals surface area contributed by atoms with Crippen LogP contribution < -0.4 is 0 Å². The van der Waals surface area contributed by atoms with Crippen LogP contribution in [0, 0.1) is 13.8 Å². The third-order valence-corrected chi connectivity index (χ3v) is 3.60. The van der Waals surface area contributed by atoms with Crippen LogP contribution in [-0.4, -0.2) is 50.4 Å². The maximum absolute atomic E-state index is 12.5. The highest BCUT2D eigenvalue weighted by molar-refractivity contribution is 6.33. The van der Waals surface area contributed by atoms with Crippen LogP contribution in [0.4, 0.5) is 0 Å². The Hall–Kier alpha value is -1.92. The van der Waals surface area contributed by atoms with Gasteiger partial charge >= 0.3 is 0 Å². The molecule has 2 rings (SSSR count). The summed E-state index contributed by atoms with van der Waals surface area (Å²) in [6, 6.07) is 5.29. The summed E-state index contributed by atoms with van der Waals surface area (Å²) in [6.07, 6.45) is 0. The second-order valence-electron chi connectivity index (χ2n) is 4.95. The van der Waals surface area contributed by atoms with Crippen molar-refractivity contribution in [1.82, 2.24) is 19.7 Å². The molecule has 2 aromatic heterocycles. The predicted octanol–water partition coefficient (Wildman–Crippen LogP) is 1.99. The molecule has 0 aliphatic heterocycles. The maximum Gasteiger partial charge on any atom is 0.274 e. The minimum absolute atomic E-state index is 0.103. The van der Waals surface area contributed by atoms with Gasteiger partial charge in [-0.2, -0.15) is 5.10 Å². The van der Waals surface area contributed by atoms with E-state index in [0.29, 0.717) is 12.4 Å². The fourth-order valence-electron chi connectivity index (χ4n) is 2.23. The van der Waals surface area contributed by atoms with Gasteiger partial charge in [-0.25, -0.2) is 9.67 Å². The van der Waals surface area contributed by atoms with Crippen LogP contribution in [0.1, 0.15) is 28.8 Å². The SMILES string of the molecule is CCN(CCO)C(=O)c1nc(-n2nc(C)cc2C)ccc1Cl. The number of amides is 1. The number of carbonyl (C=O) groups is 1. The number of pyridine rings is 1. The van der Waals surface area contributed by atoms with Gasteiger partial charge in [0, 0.05) is 18.8 Å². The van der Waals surface area contributed by atoms with Gasteiger partial charge in [-0.1, -0.05) is 11.6 Å². The molecule has 0 atom stereocenters. The van der Waals surface area contributed by atoms with E-state index in [1.807, 2.05) is 26.8 Å². The van der Waals surface area contributed by atoms with E-state index in [1.165, 1.54) is 4.90 Å². The third-order valence-electron chi connectivity index (χ3n) is 3.30. The number of nitrogens with zero attached hydrogens (tertiary/aromatic N) is 4. The molecule has 0 radical (unpaired) electrons. The number of aliphatic hydroxyl groups is 1. The van der Waals surface area contributed by atoms with Crippen LogP contribution in [0.25, 0.3) is 5.82 Å². The summed E-state index contributed by atoms with van der Waals surface area (Å²) in [7, 11) is 0. The average Bonchev–Trinajstić information content (AvgIpc) is 2.83. The van der Waals surface area contributed by atoms with Crippen LogP contribution in [0.2, 0.25) is 5.02 Å². The van der Waals surface area contributed by atoms with E-state index in [4.69, 9.17) is 16.7 Å². The maximum atomic E-state index is 12.5. The summed E-state index contributed by atoms with van der Waals surface area (Å²) in [4.78, 5) is 18.4. The van der Waals surface area contributed by atoms with Crippen molar-refractivity contribution in [3.8, 4) is 5.82 Å². The van der Waals surface area contributed by atoms with Crippen molar-refractivity contribution in [3.63, 3.8) is 0 Å². The van der Waals surface area contributed by atoms with Crippen LogP contribution in [0.3, 0.4) is 0 Å². The molecule has 6 nitrogen and oxygen atoms in total. The molecule has 2 heterocycles. The molecule has 2 aromatic rings. The van der Waals surface area contributed by atoms with Crippen LogP contribution in [-0.2, 0) is 0 Å². The quantitative estimate of drug-likeness (QED) is 0.914. The smallest absolute Gasteiger partial charge is 0.274 e. The lowest BCUT2D eigenvalue weighted by molar-refractivity contribution is 0.0726. The van der Waals surface area contributed by atoms with E-state index in [9.17, 15) is 4.79 Å². The molecule has 118 valence electrons. The van der Waals surface area contributed by atoms with Crippen molar-refractivity contribution in [2.24, 2.45) is 0 Å². The standard InChI is InChI=1S/C15H19ClN4O2/c1-4-19(7-8-21)15(22)14-12(16)5-6-13(17-14)20-11(3)9-10(2)18-20/h5-6,9,21H,4,7-8H2,1-3H3. The fourth-order valence-corrected chi connectivity index (χ4v) is 2.42. The molecule has 22 heavy (non-hydrogen) atoms. The molecule has 0 unspecified atom stereocenters. The van der Waals surface area contributed by atoms with Crippen molar-refractivity contribution in [2.75, 3.05) is 19.7 Å². The van der Waals surface area contributed by atoms with Crippen molar-refractivity contribution in [3.05, 3.63) is 40.3 Å². The van der Waals surface area contributed by atoms with Crippen LogP contribution in [0.5, 0.6) is 0 Å². The number of carbonyl (C=O) groups excluding carboxylic acids is 1. The number of aryl methyl sites for hydroxylation is 2. The van der Waals surface area contributed by atoms with E-state index >= 15 is 0 Å². The number of halogens is 1. The highest BCUT2D eigenvalue weighted by Gasteiger charge is 2.20. The number of likely N-dealkylation sites (N-methyl/N-ethyl adjacent to an activating group) is 1. The first-order chi connectivity index (χ1) is 10.5. The second-order valence-corrected chi connectivity index (χ2v) is 5.35. The first-order valence-electron chi connectivity index (χ1n) is 7.08. The number of rotatable bonds is 5. The largest absolute Gasteiger partial charge is 0.395 e. The van der Waals surface area contributed by atoms with Gasteiger partial charge in [0.1, 0.15) is 5.69 Å². The zero-order valence-corrected chi connectivity index (χ0v) is 13.6. The topological polar surface area (TPSA) is 71.2 Å². The molecule has 0 aliphatic carbocycles. The van der Waals surface area contributed by atoms with E-state index in [1.54, 1.807) is 16.8 Å². The Morgan fingerprint density at radius 1 is 1.41 bits per heavy atom. The first kappa shape index (κ1) is 16.5. The molecule has 0 saturated heterocycles. The van der Waals surface area contributed by atoms with Gasteiger partial charge in [-0.15, -0.1) is 0 Å². The molecule has 0 spiro atoms. The van der Waals surface area contributed by atoms with E-state index in [-0.39, 0.29) is 29.8 Å². The average molecular weight is 323 g/mol. The monoisotopic (exact) mass is 322 g/mol. The summed E-state index contributed by atoms with van der Waals surface area (Å²) in [5.74, 6) is 0.239. The molecular formula is C15H19ClN4O2. The lowest BCUT2D eigenvalue weighted by atomic mass is 10.3. The van der Waals surface area contributed by atoms with E-state index < -0.39 is 0 Å². The molecule has 1 N–H and O–H groups in total. The highest BCUT2D eigenvalue weighted by Crippen LogP contribution is 2.19. The number of hydrogen-bond donors (Lipinski definition) is 1.